The maximum Gasteiger partial charge on any atom is 0.223 e. The van der Waals surface area contributed by atoms with Crippen molar-refractivity contribution in [3.8, 4) is 0 Å². The summed E-state index contributed by atoms with van der Waals surface area (Å²) < 4.78 is 0. The summed E-state index contributed by atoms with van der Waals surface area (Å²) in [4.78, 5) is 25.5. The largest absolute Gasteiger partial charge is 0.354 e. The first-order valence-corrected chi connectivity index (χ1v) is 8.45. The molecule has 1 aromatic rings. The van der Waals surface area contributed by atoms with E-state index < -0.39 is 0 Å². The van der Waals surface area contributed by atoms with E-state index in [2.05, 4.69) is 38.2 Å². The van der Waals surface area contributed by atoms with Gasteiger partial charge >= 0.3 is 0 Å². The monoisotopic (exact) mass is 316 g/mol. The number of anilines is 1. The first kappa shape index (κ1) is 17.5. The van der Waals surface area contributed by atoms with Gasteiger partial charge in [-0.1, -0.05) is 39.3 Å². The molecule has 4 heteroatoms. The number of carbonyl (C=O) groups is 2. The van der Waals surface area contributed by atoms with Crippen LogP contribution in [0.4, 0.5) is 5.69 Å². The second-order valence-electron chi connectivity index (χ2n) is 7.39. The van der Waals surface area contributed by atoms with Crippen LogP contribution in [0.3, 0.4) is 0 Å². The summed E-state index contributed by atoms with van der Waals surface area (Å²) in [5.41, 5.74) is 2.21. The first-order chi connectivity index (χ1) is 10.8. The Balaban J connectivity index is 1.95. The number of nitrogens with one attached hydrogen (secondary N) is 1. The predicted molar refractivity (Wildman–Crippen MR) is 93.5 cm³/mol. The average molecular weight is 316 g/mol. The molecule has 2 amide bonds. The fraction of sp³-hybridized carbons (Fsp3) is 0.579. The summed E-state index contributed by atoms with van der Waals surface area (Å²) in [7, 11) is 0. The van der Waals surface area contributed by atoms with Crippen molar-refractivity contribution in [1.82, 2.24) is 5.32 Å². The Bertz CT molecular complexity index is 554. The van der Waals surface area contributed by atoms with Crippen molar-refractivity contribution in [3.63, 3.8) is 0 Å². The topological polar surface area (TPSA) is 49.4 Å². The molecule has 0 aromatic heterocycles. The molecular formula is C19H28N2O2. The van der Waals surface area contributed by atoms with Crippen LogP contribution in [0.15, 0.2) is 24.3 Å². The summed E-state index contributed by atoms with van der Waals surface area (Å²) in [6.45, 7) is 9.06. The molecule has 0 bridgehead atoms. The van der Waals surface area contributed by atoms with Crippen LogP contribution < -0.4 is 10.2 Å². The van der Waals surface area contributed by atoms with Crippen LogP contribution in [0, 0.1) is 5.92 Å². The molecule has 0 unspecified atom stereocenters. The zero-order chi connectivity index (χ0) is 17.0. The Labute approximate surface area is 139 Å². The zero-order valence-corrected chi connectivity index (χ0v) is 14.7. The summed E-state index contributed by atoms with van der Waals surface area (Å²) in [5, 5.41) is 2.94. The lowest BCUT2D eigenvalue weighted by molar-refractivity contribution is -0.127. The molecule has 1 aliphatic carbocycles. The second-order valence-corrected chi connectivity index (χ2v) is 7.39. The fourth-order valence-electron chi connectivity index (χ4n) is 2.72. The van der Waals surface area contributed by atoms with E-state index in [-0.39, 0.29) is 23.1 Å². The Kier molecular flexibility index (Phi) is 5.45. The van der Waals surface area contributed by atoms with Crippen molar-refractivity contribution in [2.24, 2.45) is 5.92 Å². The Morgan fingerprint density at radius 3 is 2.22 bits per heavy atom. The molecule has 1 aromatic carbocycles. The standard InChI is InChI=1S/C19H28N2O2/c1-14(22)21(13-12-20-18(23)15-6-5-7-15)17-10-8-16(9-11-17)19(2,3)4/h8-11,15H,5-7,12-13H2,1-4H3,(H,20,23). The highest BCUT2D eigenvalue weighted by Crippen LogP contribution is 2.26. The quantitative estimate of drug-likeness (QED) is 0.906. The van der Waals surface area contributed by atoms with Crippen molar-refractivity contribution >= 4 is 17.5 Å². The Morgan fingerprint density at radius 1 is 1.17 bits per heavy atom. The molecule has 0 aliphatic heterocycles. The van der Waals surface area contributed by atoms with Crippen LogP contribution in [0.25, 0.3) is 0 Å². The summed E-state index contributed by atoms with van der Waals surface area (Å²) in [5.74, 6) is 0.307. The van der Waals surface area contributed by atoms with Gasteiger partial charge in [0.05, 0.1) is 0 Å². The van der Waals surface area contributed by atoms with Gasteiger partial charge in [0.25, 0.3) is 0 Å². The van der Waals surface area contributed by atoms with E-state index in [9.17, 15) is 9.59 Å². The SMILES string of the molecule is CC(=O)N(CCNC(=O)C1CCC1)c1ccc(C(C)(C)C)cc1. The maximum atomic E-state index is 11.9. The van der Waals surface area contributed by atoms with Crippen LogP contribution in [0.5, 0.6) is 0 Å². The van der Waals surface area contributed by atoms with Gasteiger partial charge in [-0.15, -0.1) is 0 Å². The fourth-order valence-corrected chi connectivity index (χ4v) is 2.72. The zero-order valence-electron chi connectivity index (χ0n) is 14.7. The molecule has 0 spiro atoms. The lowest BCUT2D eigenvalue weighted by Crippen LogP contribution is -2.41. The van der Waals surface area contributed by atoms with Crippen molar-refractivity contribution in [2.75, 3.05) is 18.0 Å². The molecule has 0 atom stereocenters. The lowest BCUT2D eigenvalue weighted by Gasteiger charge is -2.26. The normalized spacial score (nSPS) is 15.0. The lowest BCUT2D eigenvalue weighted by atomic mass is 9.85. The minimum Gasteiger partial charge on any atom is -0.354 e. The summed E-state index contributed by atoms with van der Waals surface area (Å²) in [6, 6.07) is 8.10. The molecule has 0 radical (unpaired) electrons. The van der Waals surface area contributed by atoms with Gasteiger partial charge in [-0.25, -0.2) is 0 Å². The van der Waals surface area contributed by atoms with Crippen molar-refractivity contribution in [2.45, 2.75) is 52.4 Å². The van der Waals surface area contributed by atoms with Gasteiger partial charge in [0.1, 0.15) is 0 Å². The van der Waals surface area contributed by atoms with E-state index in [4.69, 9.17) is 0 Å². The van der Waals surface area contributed by atoms with E-state index in [0.29, 0.717) is 13.1 Å². The molecule has 1 aliphatic rings. The number of amides is 2. The van der Waals surface area contributed by atoms with Gasteiger partial charge in [-0.3, -0.25) is 9.59 Å². The third-order valence-electron chi connectivity index (χ3n) is 4.54. The summed E-state index contributed by atoms with van der Waals surface area (Å²) >= 11 is 0. The van der Waals surface area contributed by atoms with Crippen molar-refractivity contribution in [1.29, 1.82) is 0 Å². The van der Waals surface area contributed by atoms with Gasteiger partial charge in [-0.05, 0) is 36.0 Å². The van der Waals surface area contributed by atoms with E-state index in [1.807, 2.05) is 12.1 Å². The van der Waals surface area contributed by atoms with Gasteiger partial charge in [0, 0.05) is 31.6 Å². The van der Waals surface area contributed by atoms with Crippen LogP contribution in [-0.4, -0.2) is 24.9 Å². The molecule has 0 heterocycles. The molecule has 23 heavy (non-hydrogen) atoms. The smallest absolute Gasteiger partial charge is 0.223 e. The Hall–Kier alpha value is -1.84. The number of benzene rings is 1. The van der Waals surface area contributed by atoms with Crippen LogP contribution in [0.2, 0.25) is 0 Å². The molecule has 1 N–H and O–H groups in total. The number of carbonyl (C=O) groups excluding carboxylic acids is 2. The number of hydrogen-bond donors (Lipinski definition) is 1. The average Bonchev–Trinajstić information content (AvgIpc) is 2.40. The highest BCUT2D eigenvalue weighted by atomic mass is 16.2. The molecular weight excluding hydrogens is 288 g/mol. The van der Waals surface area contributed by atoms with E-state index >= 15 is 0 Å². The van der Waals surface area contributed by atoms with Gasteiger partial charge in [-0.2, -0.15) is 0 Å². The van der Waals surface area contributed by atoms with Crippen LogP contribution in [0.1, 0.15) is 52.5 Å². The summed E-state index contributed by atoms with van der Waals surface area (Å²) in [6.07, 6.45) is 3.14. The second kappa shape index (κ2) is 7.16. The first-order valence-electron chi connectivity index (χ1n) is 8.45. The molecule has 1 fully saturated rings. The molecule has 126 valence electrons. The van der Waals surface area contributed by atoms with Gasteiger partial charge in [0.2, 0.25) is 11.8 Å². The van der Waals surface area contributed by atoms with Crippen LogP contribution >= 0.6 is 0 Å². The van der Waals surface area contributed by atoms with Crippen molar-refractivity contribution in [3.05, 3.63) is 29.8 Å². The third-order valence-corrected chi connectivity index (χ3v) is 4.54. The van der Waals surface area contributed by atoms with Crippen LogP contribution in [-0.2, 0) is 15.0 Å². The maximum absolute atomic E-state index is 11.9. The van der Waals surface area contributed by atoms with E-state index in [1.54, 1.807) is 11.8 Å². The highest BCUT2D eigenvalue weighted by Gasteiger charge is 2.25. The number of nitrogens with zero attached hydrogens (tertiary/aromatic N) is 1. The van der Waals surface area contributed by atoms with E-state index in [0.717, 1.165) is 24.9 Å². The molecule has 0 saturated heterocycles. The minimum absolute atomic E-state index is 0.00796. The molecule has 2 rings (SSSR count). The van der Waals surface area contributed by atoms with Crippen molar-refractivity contribution < 1.29 is 9.59 Å². The molecule has 4 nitrogen and oxygen atoms in total. The molecule has 1 saturated carbocycles. The predicted octanol–water partition coefficient (Wildman–Crippen LogP) is 3.25. The highest BCUT2D eigenvalue weighted by molar-refractivity contribution is 5.91. The van der Waals surface area contributed by atoms with Gasteiger partial charge in [0.15, 0.2) is 0 Å². The van der Waals surface area contributed by atoms with Gasteiger partial charge < -0.3 is 10.2 Å². The Morgan fingerprint density at radius 2 is 1.78 bits per heavy atom. The minimum atomic E-state index is -0.00796. The number of rotatable bonds is 5. The number of hydrogen-bond acceptors (Lipinski definition) is 2. The third kappa shape index (κ3) is 4.57. The van der Waals surface area contributed by atoms with E-state index in [1.165, 1.54) is 5.56 Å².